The molecule has 0 spiro atoms. The SMILES string of the molecule is C[C@@H](N[C@H](CCc1ccccc1)C(=O)N[C@H](CCCN=C(N)N)C(=O)Nc1ccccc1)C(=O)O. The van der Waals surface area contributed by atoms with Gasteiger partial charge in [-0.2, -0.15) is 0 Å². The third kappa shape index (κ3) is 10.3. The smallest absolute Gasteiger partial charge is 0.320 e. The molecular formula is C25H34N6O4. The Morgan fingerprint density at radius 2 is 1.54 bits per heavy atom. The van der Waals surface area contributed by atoms with E-state index in [-0.39, 0.29) is 11.9 Å². The molecule has 0 heterocycles. The van der Waals surface area contributed by atoms with E-state index in [1.165, 1.54) is 6.92 Å². The number of carbonyl (C=O) groups excluding carboxylic acids is 2. The van der Waals surface area contributed by atoms with E-state index in [0.717, 1.165) is 5.56 Å². The van der Waals surface area contributed by atoms with Gasteiger partial charge in [-0.05, 0) is 50.3 Å². The Labute approximate surface area is 205 Å². The molecule has 0 aliphatic rings. The van der Waals surface area contributed by atoms with Crippen LogP contribution in [0.2, 0.25) is 0 Å². The number of nitrogens with zero attached hydrogens (tertiary/aromatic N) is 1. The molecule has 0 saturated heterocycles. The third-order valence-corrected chi connectivity index (χ3v) is 5.32. The third-order valence-electron chi connectivity index (χ3n) is 5.32. The number of aryl methyl sites for hydroxylation is 1. The summed E-state index contributed by atoms with van der Waals surface area (Å²) in [5, 5.41) is 17.8. The number of anilines is 1. The summed E-state index contributed by atoms with van der Waals surface area (Å²) in [4.78, 5) is 41.5. The van der Waals surface area contributed by atoms with Crippen molar-refractivity contribution >= 4 is 29.4 Å². The van der Waals surface area contributed by atoms with Crippen molar-refractivity contribution in [2.24, 2.45) is 16.5 Å². The maximum atomic E-state index is 13.2. The minimum absolute atomic E-state index is 0.0489. The Hall–Kier alpha value is -3.92. The van der Waals surface area contributed by atoms with Gasteiger partial charge in [0.2, 0.25) is 11.8 Å². The summed E-state index contributed by atoms with van der Waals surface area (Å²) in [7, 11) is 0. The van der Waals surface area contributed by atoms with Gasteiger partial charge < -0.3 is 27.2 Å². The standard InChI is InChI=1S/C25H34N6O4/c1-17(24(34)35)29-21(15-14-18-9-4-2-5-10-18)23(33)31-20(13-8-16-28-25(26)27)22(32)30-19-11-6-3-7-12-19/h2-7,9-12,17,20-21,29H,8,13-16H2,1H3,(H,30,32)(H,31,33)(H,34,35)(H4,26,27,28)/t17-,20-,21-/m1/s1. The van der Waals surface area contributed by atoms with Gasteiger partial charge in [-0.25, -0.2) is 0 Å². The number of carboxylic acids is 1. The molecule has 0 unspecified atom stereocenters. The van der Waals surface area contributed by atoms with Crippen LogP contribution in [-0.4, -0.2) is 53.5 Å². The van der Waals surface area contributed by atoms with Gasteiger partial charge >= 0.3 is 5.97 Å². The zero-order valence-electron chi connectivity index (χ0n) is 19.8. The van der Waals surface area contributed by atoms with Gasteiger partial charge in [0.05, 0.1) is 6.04 Å². The van der Waals surface area contributed by atoms with Crippen molar-refractivity contribution in [3.8, 4) is 0 Å². The molecule has 0 saturated carbocycles. The van der Waals surface area contributed by atoms with E-state index in [1.807, 2.05) is 36.4 Å². The quantitative estimate of drug-likeness (QED) is 0.133. The number of para-hydroxylation sites is 1. The molecule has 0 aliphatic carbocycles. The number of benzene rings is 2. The molecular weight excluding hydrogens is 448 g/mol. The predicted octanol–water partition coefficient (Wildman–Crippen LogP) is 1.23. The number of amides is 2. The molecule has 0 aromatic heterocycles. The Bertz CT molecular complexity index is 980. The second kappa shape index (κ2) is 14.4. The molecule has 10 nitrogen and oxygen atoms in total. The number of hydrogen-bond donors (Lipinski definition) is 6. The number of aliphatic carboxylic acids is 1. The van der Waals surface area contributed by atoms with Crippen molar-refractivity contribution in [1.29, 1.82) is 0 Å². The van der Waals surface area contributed by atoms with Gasteiger partial charge in [0.25, 0.3) is 0 Å². The number of guanidine groups is 1. The Morgan fingerprint density at radius 1 is 0.914 bits per heavy atom. The maximum Gasteiger partial charge on any atom is 0.320 e. The summed E-state index contributed by atoms with van der Waals surface area (Å²) in [6, 6.07) is 15.9. The highest BCUT2D eigenvalue weighted by Crippen LogP contribution is 2.10. The first-order valence-corrected chi connectivity index (χ1v) is 11.5. The molecule has 2 amide bonds. The molecule has 2 rings (SSSR count). The van der Waals surface area contributed by atoms with Gasteiger partial charge in [-0.1, -0.05) is 48.5 Å². The monoisotopic (exact) mass is 482 g/mol. The fourth-order valence-corrected chi connectivity index (χ4v) is 3.41. The molecule has 0 fully saturated rings. The van der Waals surface area contributed by atoms with Crippen molar-refractivity contribution in [3.05, 3.63) is 66.2 Å². The summed E-state index contributed by atoms with van der Waals surface area (Å²) in [5.41, 5.74) is 12.3. The Morgan fingerprint density at radius 3 is 2.14 bits per heavy atom. The largest absolute Gasteiger partial charge is 0.480 e. The second-order valence-electron chi connectivity index (χ2n) is 8.17. The molecule has 0 bridgehead atoms. The van der Waals surface area contributed by atoms with Crippen LogP contribution in [0.4, 0.5) is 5.69 Å². The van der Waals surface area contributed by atoms with Crippen LogP contribution in [0.1, 0.15) is 31.7 Å². The van der Waals surface area contributed by atoms with Crippen LogP contribution in [0.15, 0.2) is 65.7 Å². The average Bonchev–Trinajstić information content (AvgIpc) is 2.84. The highest BCUT2D eigenvalue weighted by atomic mass is 16.4. The van der Waals surface area contributed by atoms with Crippen LogP contribution in [-0.2, 0) is 20.8 Å². The van der Waals surface area contributed by atoms with Gasteiger partial charge in [0, 0.05) is 12.2 Å². The van der Waals surface area contributed by atoms with E-state index in [0.29, 0.717) is 37.9 Å². The first-order chi connectivity index (χ1) is 16.8. The summed E-state index contributed by atoms with van der Waals surface area (Å²) in [5.74, 6) is -1.96. The molecule has 10 heteroatoms. The molecule has 35 heavy (non-hydrogen) atoms. The number of rotatable bonds is 14. The topological polar surface area (TPSA) is 172 Å². The van der Waals surface area contributed by atoms with Crippen LogP contribution < -0.4 is 27.4 Å². The number of aliphatic imine (C=N–C) groups is 1. The molecule has 3 atom stereocenters. The lowest BCUT2D eigenvalue weighted by molar-refractivity contribution is -0.139. The molecule has 0 radical (unpaired) electrons. The maximum absolute atomic E-state index is 13.2. The molecule has 2 aromatic carbocycles. The number of carbonyl (C=O) groups is 3. The lowest BCUT2D eigenvalue weighted by Gasteiger charge is -2.24. The number of carboxylic acid groups (broad SMARTS) is 1. The first-order valence-electron chi connectivity index (χ1n) is 11.5. The Kier molecular flexibility index (Phi) is 11.2. The highest BCUT2D eigenvalue weighted by molar-refractivity contribution is 5.97. The van der Waals surface area contributed by atoms with Crippen LogP contribution in [0, 0.1) is 0 Å². The minimum Gasteiger partial charge on any atom is -0.480 e. The van der Waals surface area contributed by atoms with E-state index in [9.17, 15) is 19.5 Å². The van der Waals surface area contributed by atoms with Crippen molar-refractivity contribution in [1.82, 2.24) is 10.6 Å². The van der Waals surface area contributed by atoms with E-state index >= 15 is 0 Å². The predicted molar refractivity (Wildman–Crippen MR) is 136 cm³/mol. The zero-order valence-corrected chi connectivity index (χ0v) is 19.8. The van der Waals surface area contributed by atoms with E-state index in [1.54, 1.807) is 24.3 Å². The van der Waals surface area contributed by atoms with Crippen LogP contribution in [0.25, 0.3) is 0 Å². The highest BCUT2D eigenvalue weighted by Gasteiger charge is 2.27. The fraction of sp³-hybridized carbons (Fsp3) is 0.360. The Balaban J connectivity index is 2.13. The molecule has 2 aromatic rings. The molecule has 188 valence electrons. The summed E-state index contributed by atoms with van der Waals surface area (Å²) in [6.45, 7) is 1.78. The van der Waals surface area contributed by atoms with Crippen molar-refractivity contribution < 1.29 is 19.5 Å². The average molecular weight is 483 g/mol. The second-order valence-corrected chi connectivity index (χ2v) is 8.17. The van der Waals surface area contributed by atoms with Crippen molar-refractivity contribution in [3.63, 3.8) is 0 Å². The van der Waals surface area contributed by atoms with Gasteiger partial charge in [0.15, 0.2) is 5.96 Å². The van der Waals surface area contributed by atoms with Crippen molar-refractivity contribution in [2.75, 3.05) is 11.9 Å². The number of nitrogens with one attached hydrogen (secondary N) is 3. The van der Waals surface area contributed by atoms with E-state index in [4.69, 9.17) is 11.5 Å². The summed E-state index contributed by atoms with van der Waals surface area (Å²) in [6.07, 6.45) is 1.66. The van der Waals surface area contributed by atoms with Gasteiger partial charge in [0.1, 0.15) is 12.1 Å². The zero-order chi connectivity index (χ0) is 25.6. The first kappa shape index (κ1) is 27.3. The van der Waals surface area contributed by atoms with E-state index in [2.05, 4.69) is 20.9 Å². The lowest BCUT2D eigenvalue weighted by Crippen LogP contribution is -2.54. The normalized spacial score (nSPS) is 13.2. The van der Waals surface area contributed by atoms with Crippen LogP contribution in [0.5, 0.6) is 0 Å². The summed E-state index contributed by atoms with van der Waals surface area (Å²) >= 11 is 0. The number of nitrogens with two attached hydrogens (primary N) is 2. The van der Waals surface area contributed by atoms with Gasteiger partial charge in [-0.15, -0.1) is 0 Å². The summed E-state index contributed by atoms with van der Waals surface area (Å²) < 4.78 is 0. The lowest BCUT2D eigenvalue weighted by atomic mass is 10.0. The van der Waals surface area contributed by atoms with Crippen LogP contribution in [0.3, 0.4) is 0 Å². The van der Waals surface area contributed by atoms with E-state index < -0.39 is 30.0 Å². The minimum atomic E-state index is -1.07. The molecule has 0 aliphatic heterocycles. The number of hydrogen-bond acceptors (Lipinski definition) is 5. The van der Waals surface area contributed by atoms with Gasteiger partial charge in [-0.3, -0.25) is 24.7 Å². The molecule has 8 N–H and O–H groups in total. The van der Waals surface area contributed by atoms with Crippen molar-refractivity contribution in [2.45, 2.75) is 50.7 Å². The van der Waals surface area contributed by atoms with Crippen LogP contribution >= 0.6 is 0 Å². The fourth-order valence-electron chi connectivity index (χ4n) is 3.41.